The Morgan fingerprint density at radius 1 is 0.738 bits per heavy atom. The number of nitrogens with one attached hydrogen (secondary N) is 7. The lowest BCUT2D eigenvalue weighted by atomic mass is 9.96. The number of aliphatic hydroxyl groups excluding tert-OH is 12. The fourth-order valence-corrected chi connectivity index (χ4v) is 11.9. The SMILES string of the molecule is CSc1ccc(COC2C(CO)OC(OC3C(CO)OC(Oc4ccc(C[C@H](NC(=O)[C@H](Cc5ccccc5C)NC(=O)CN)C(=O)N[C@H](C(=O)N[C@H](C(=O)N[C@@H](CO)C(=O)O)C(OC5OC(O)C(O)C(O)C5O)C5=NC(=N)N=C5)C(O)C5CN=C(N)N5)cc4)C(O)C3O)C(O)C2O)cc1[N+](=O)[O-]. The van der Waals surface area contributed by atoms with Crippen molar-refractivity contribution in [3.05, 3.63) is 99.1 Å². The van der Waals surface area contributed by atoms with Crippen molar-refractivity contribution in [3.63, 3.8) is 0 Å². The van der Waals surface area contributed by atoms with E-state index in [0.717, 1.165) is 18.0 Å². The zero-order valence-electron chi connectivity index (χ0n) is 54.7. The number of benzene rings is 3. The Kier molecular flexibility index (Phi) is 28.3. The monoisotopic (exact) mass is 1480 g/mol. The van der Waals surface area contributed by atoms with Crippen molar-refractivity contribution in [2.24, 2.45) is 26.4 Å². The minimum atomic E-state index is -2.44. The van der Waals surface area contributed by atoms with Crippen LogP contribution in [-0.2, 0) is 76.6 Å². The maximum absolute atomic E-state index is 15.2. The van der Waals surface area contributed by atoms with Crippen molar-refractivity contribution in [3.8, 4) is 5.75 Å². The summed E-state index contributed by atoms with van der Waals surface area (Å²) < 4.78 is 40.1. The van der Waals surface area contributed by atoms with Crippen LogP contribution >= 0.6 is 11.8 Å². The molecule has 5 aliphatic rings. The molecule has 3 aromatic rings. The van der Waals surface area contributed by atoms with Crippen molar-refractivity contribution < 1.29 is 133 Å². The van der Waals surface area contributed by atoms with E-state index in [2.05, 4.69) is 41.6 Å². The van der Waals surface area contributed by atoms with E-state index in [1.807, 2.05) is 5.32 Å². The zero-order chi connectivity index (χ0) is 75.3. The van der Waals surface area contributed by atoms with Gasteiger partial charge in [0.2, 0.25) is 41.8 Å². The number of aliphatic hydroxyl groups is 12. The number of rotatable bonds is 33. The van der Waals surface area contributed by atoms with E-state index in [0.29, 0.717) is 21.6 Å². The Labute approximate surface area is 587 Å². The van der Waals surface area contributed by atoms with Crippen LogP contribution in [-0.4, -0.2) is 311 Å². The van der Waals surface area contributed by atoms with Gasteiger partial charge in [0.05, 0.1) is 67.3 Å². The molecule has 3 fully saturated rings. The molecule has 5 aliphatic heterocycles. The second-order valence-electron chi connectivity index (χ2n) is 24.1. The third-order valence-electron chi connectivity index (χ3n) is 17.1. The van der Waals surface area contributed by atoms with Gasteiger partial charge in [0.25, 0.3) is 5.69 Å². The third-order valence-corrected chi connectivity index (χ3v) is 17.8. The van der Waals surface area contributed by atoms with Crippen molar-refractivity contribution in [1.82, 2.24) is 31.9 Å². The number of aliphatic carboxylic acids is 1. The van der Waals surface area contributed by atoms with Crippen LogP contribution in [0.3, 0.4) is 0 Å². The number of nitro groups is 1. The second-order valence-corrected chi connectivity index (χ2v) is 24.9. The van der Waals surface area contributed by atoms with Gasteiger partial charge in [-0.1, -0.05) is 42.5 Å². The van der Waals surface area contributed by atoms with Gasteiger partial charge < -0.3 is 143 Å². The molecule has 0 spiro atoms. The molecule has 8 rings (SSSR count). The standard InChI is InChI=1S/C61H81N13O28S/c1-23-5-3-4-6-26(23)15-29(67-37(78)16-62)51(87)68-28(13-24-7-10-27(11-8-24)97-57-47(86)43(82)50(35(21-77)99-57)101-58-46(85)42(81)49(34(20-76)98-58)96-22-25-9-12-36(103-2)33(14-25)74(94)95)52(88)72-38(40(79)30-17-65-60(63)70-30)53(89)73-39(54(90)69-32(19-75)55(91)92)48(31-18-66-61(64)71-31)100-59-45(84)41(80)44(83)56(93)102-59/h3-12,14,18,28-30,32,34-35,38-50,56-59,64,75-77,79-86,93H,13,15-17,19-22,62H2,1-2H3,(H,67,78)(H,68,87)(H,69,90)(H,72,88)(H,73,89)(H,91,92)(H3,63,65,70)/t28-,29-,30?,32-,34?,35?,38-,39-,40?,41?,42?,43?,44?,45?,46?,47?,48?,49?,50?,56?,57?,58?,59?/m0/s1. The number of hydrogen-bond donors (Lipinski definition) is 22. The average Bonchev–Trinajstić information content (AvgIpc) is 0.800. The van der Waals surface area contributed by atoms with Crippen LogP contribution in [0.15, 0.2) is 86.6 Å². The quantitative estimate of drug-likeness (QED) is 0.0153. The molecule has 103 heavy (non-hydrogen) atoms. The van der Waals surface area contributed by atoms with Crippen molar-refractivity contribution in [2.75, 3.05) is 39.2 Å². The number of aryl methyl sites for hydroxylation is 1. The molecule has 5 amide bonds. The molecule has 23 atom stereocenters. The first-order valence-corrected chi connectivity index (χ1v) is 32.9. The molecule has 3 aromatic carbocycles. The maximum Gasteiger partial charge on any atom is 0.328 e. The Bertz CT molecular complexity index is 3600. The first-order valence-electron chi connectivity index (χ1n) is 31.7. The summed E-state index contributed by atoms with van der Waals surface area (Å²) in [5, 5.41) is 174. The van der Waals surface area contributed by atoms with Gasteiger partial charge in [-0.05, 0) is 53.6 Å². The molecule has 41 nitrogen and oxygen atoms in total. The summed E-state index contributed by atoms with van der Waals surface area (Å²) in [4.78, 5) is 108. The number of nitro benzene ring substituents is 1. The largest absolute Gasteiger partial charge is 0.480 e. The molecule has 0 bridgehead atoms. The second kappa shape index (κ2) is 36.3. The molecule has 18 unspecified atom stereocenters. The number of carbonyl (C=O) groups is 6. The number of amides is 5. The van der Waals surface area contributed by atoms with Crippen molar-refractivity contribution in [1.29, 1.82) is 5.41 Å². The highest BCUT2D eigenvalue weighted by atomic mass is 32.2. The highest BCUT2D eigenvalue weighted by molar-refractivity contribution is 7.98. The lowest BCUT2D eigenvalue weighted by molar-refractivity contribution is -0.387. The highest BCUT2D eigenvalue weighted by Crippen LogP contribution is 2.34. The minimum Gasteiger partial charge on any atom is -0.480 e. The predicted octanol–water partition coefficient (Wildman–Crippen LogP) is -9.65. The van der Waals surface area contributed by atoms with Crippen molar-refractivity contribution in [2.45, 2.75) is 172 Å². The van der Waals surface area contributed by atoms with Crippen LogP contribution in [0.2, 0.25) is 0 Å². The summed E-state index contributed by atoms with van der Waals surface area (Å²) in [6, 6.07) is 4.65. The van der Waals surface area contributed by atoms with E-state index in [-0.39, 0.29) is 42.5 Å². The number of carboxylic acid groups (broad SMARTS) is 1. The number of aliphatic imine (C=N–C) groups is 3. The van der Waals surface area contributed by atoms with E-state index in [4.69, 9.17) is 50.0 Å². The molecule has 0 radical (unpaired) electrons. The van der Waals surface area contributed by atoms with Crippen LogP contribution in [0, 0.1) is 22.4 Å². The van der Waals surface area contributed by atoms with E-state index in [1.165, 1.54) is 36.4 Å². The number of nitrogens with zero attached hydrogens (tertiary/aromatic N) is 4. The van der Waals surface area contributed by atoms with Gasteiger partial charge in [-0.15, -0.1) is 11.8 Å². The molecule has 0 saturated carbocycles. The molecular weight excluding hydrogens is 1390 g/mol. The predicted molar refractivity (Wildman–Crippen MR) is 350 cm³/mol. The minimum absolute atomic E-state index is 0.120. The summed E-state index contributed by atoms with van der Waals surface area (Å²) in [6.45, 7) is -2.63. The van der Waals surface area contributed by atoms with E-state index < -0.39 is 226 Å². The van der Waals surface area contributed by atoms with Crippen LogP contribution in [0.5, 0.6) is 5.75 Å². The normalized spacial score (nSPS) is 28.9. The number of guanidine groups is 2. The lowest BCUT2D eigenvalue weighted by Gasteiger charge is -2.46. The number of hydrogen-bond acceptors (Lipinski definition) is 33. The summed E-state index contributed by atoms with van der Waals surface area (Å²) in [7, 11) is 0. The average molecular weight is 1480 g/mol. The summed E-state index contributed by atoms with van der Waals surface area (Å²) in [6.07, 6.45) is -31.6. The lowest BCUT2D eigenvalue weighted by Crippen LogP contribution is -2.67. The number of carbonyl (C=O) groups excluding carboxylic acids is 5. The Morgan fingerprint density at radius 3 is 1.95 bits per heavy atom. The number of ether oxygens (including phenoxy) is 7. The fraction of sp³-hybridized carbons (Fsp3) is 0.541. The molecule has 24 N–H and O–H groups in total. The molecule has 42 heteroatoms. The molecule has 564 valence electrons. The van der Waals surface area contributed by atoms with Gasteiger partial charge >= 0.3 is 5.97 Å². The number of carboxylic acids is 1. The summed E-state index contributed by atoms with van der Waals surface area (Å²) in [5.41, 5.74) is 12.5. The Hall–Kier alpha value is -8.45. The molecule has 0 aliphatic carbocycles. The fourth-order valence-electron chi connectivity index (χ4n) is 11.4. The van der Waals surface area contributed by atoms with Crippen molar-refractivity contribution >= 4 is 76.8 Å². The van der Waals surface area contributed by atoms with E-state index >= 15 is 9.59 Å². The van der Waals surface area contributed by atoms with E-state index in [9.17, 15) is 95.7 Å². The first-order chi connectivity index (χ1) is 49.0. The Balaban J connectivity index is 1.05. The van der Waals surface area contributed by atoms with Crippen LogP contribution in [0.25, 0.3) is 0 Å². The molecule has 0 aromatic heterocycles. The van der Waals surface area contributed by atoms with E-state index in [1.54, 1.807) is 43.5 Å². The van der Waals surface area contributed by atoms with Crippen LogP contribution < -0.4 is 48.1 Å². The third kappa shape index (κ3) is 19.9. The van der Waals surface area contributed by atoms with Gasteiger partial charge in [-0.2, -0.15) is 0 Å². The van der Waals surface area contributed by atoms with Crippen LogP contribution in [0.4, 0.5) is 5.69 Å². The van der Waals surface area contributed by atoms with Crippen LogP contribution in [0.1, 0.15) is 22.3 Å². The molecular formula is C61H81N13O28S. The highest BCUT2D eigenvalue weighted by Gasteiger charge is 2.53. The number of thioether (sulfide) groups is 1. The Morgan fingerprint density at radius 2 is 1.34 bits per heavy atom. The summed E-state index contributed by atoms with van der Waals surface area (Å²) >= 11 is 1.14. The van der Waals surface area contributed by atoms with Gasteiger partial charge in [0, 0.05) is 18.9 Å². The molecule has 3 saturated heterocycles. The number of nitrogens with two attached hydrogens (primary N) is 2. The maximum atomic E-state index is 15.2. The van der Waals surface area contributed by atoms with Gasteiger partial charge in [-0.3, -0.25) is 44.5 Å². The topological polar surface area (TPSA) is 658 Å². The molecule has 5 heterocycles. The zero-order valence-corrected chi connectivity index (χ0v) is 55.5. The van der Waals surface area contributed by atoms with Gasteiger partial charge in [0.15, 0.2) is 24.8 Å². The van der Waals surface area contributed by atoms with Gasteiger partial charge in [0.1, 0.15) is 115 Å². The summed E-state index contributed by atoms with van der Waals surface area (Å²) in [5.74, 6) is -9.21. The van der Waals surface area contributed by atoms with Gasteiger partial charge in [-0.25, -0.2) is 14.8 Å². The first kappa shape index (κ1) is 80.2. The smallest absolute Gasteiger partial charge is 0.328 e.